The molecule has 0 aliphatic heterocycles. The van der Waals surface area contributed by atoms with Crippen molar-refractivity contribution < 1.29 is 0 Å². The number of rotatable bonds is 3. The molecule has 0 spiro atoms. The Bertz CT molecular complexity index is 1220. The summed E-state index contributed by atoms with van der Waals surface area (Å²) in [6.07, 6.45) is 2.02. The molecular formula is C20H14ClN5. The molecule has 0 aliphatic rings. The molecule has 0 amide bonds. The normalized spacial score (nSPS) is 11.4. The second-order valence-corrected chi connectivity index (χ2v) is 6.52. The molecule has 5 nitrogen and oxygen atoms in total. The molecule has 0 N–H and O–H groups in total. The quantitative estimate of drug-likeness (QED) is 0.478. The van der Waals surface area contributed by atoms with Crippen LogP contribution in [0.3, 0.4) is 0 Å². The van der Waals surface area contributed by atoms with Crippen molar-refractivity contribution in [2.45, 2.75) is 6.54 Å². The van der Waals surface area contributed by atoms with E-state index in [0.717, 1.165) is 33.6 Å². The van der Waals surface area contributed by atoms with Crippen molar-refractivity contribution in [2.24, 2.45) is 0 Å². The minimum Gasteiger partial charge on any atom is -0.302 e. The van der Waals surface area contributed by atoms with Crippen LogP contribution < -0.4 is 0 Å². The summed E-state index contributed by atoms with van der Waals surface area (Å²) >= 11 is 6.05. The summed E-state index contributed by atoms with van der Waals surface area (Å²) in [5, 5.41) is 9.30. The van der Waals surface area contributed by atoms with Gasteiger partial charge in [-0.15, -0.1) is 5.10 Å². The fourth-order valence-electron chi connectivity index (χ4n) is 3.21. The number of pyridine rings is 1. The van der Waals surface area contributed by atoms with Crippen LogP contribution in [0.1, 0.15) is 5.69 Å². The van der Waals surface area contributed by atoms with E-state index in [1.165, 1.54) is 0 Å². The number of benzene rings is 2. The highest BCUT2D eigenvalue weighted by molar-refractivity contribution is 6.30. The van der Waals surface area contributed by atoms with Gasteiger partial charge in [0.15, 0.2) is 0 Å². The third kappa shape index (κ3) is 2.45. The van der Waals surface area contributed by atoms with Crippen molar-refractivity contribution in [1.82, 2.24) is 24.4 Å². The molecule has 2 aromatic carbocycles. The van der Waals surface area contributed by atoms with E-state index < -0.39 is 0 Å². The second kappa shape index (κ2) is 5.97. The first-order valence-corrected chi connectivity index (χ1v) is 8.67. The number of aromatic nitrogens is 5. The van der Waals surface area contributed by atoms with Gasteiger partial charge in [0, 0.05) is 16.8 Å². The van der Waals surface area contributed by atoms with Crippen LogP contribution in [-0.4, -0.2) is 24.4 Å². The molecule has 5 aromatic rings. The van der Waals surface area contributed by atoms with E-state index in [0.29, 0.717) is 11.6 Å². The zero-order valence-corrected chi connectivity index (χ0v) is 14.5. The van der Waals surface area contributed by atoms with E-state index in [2.05, 4.69) is 14.7 Å². The Morgan fingerprint density at radius 1 is 0.885 bits per heavy atom. The van der Waals surface area contributed by atoms with E-state index in [1.807, 2.05) is 77.6 Å². The topological polar surface area (TPSA) is 48.0 Å². The lowest BCUT2D eigenvalue weighted by Crippen LogP contribution is -2.06. The summed E-state index contributed by atoms with van der Waals surface area (Å²) in [6, 6.07) is 21.7. The van der Waals surface area contributed by atoms with Gasteiger partial charge in [-0.05, 0) is 36.4 Å². The van der Waals surface area contributed by atoms with Crippen LogP contribution in [0, 0.1) is 0 Å². The van der Waals surface area contributed by atoms with Crippen molar-refractivity contribution in [3.63, 3.8) is 0 Å². The Hall–Kier alpha value is -3.18. The van der Waals surface area contributed by atoms with E-state index in [-0.39, 0.29) is 0 Å². The van der Waals surface area contributed by atoms with Gasteiger partial charge in [0.05, 0.1) is 23.4 Å². The summed E-state index contributed by atoms with van der Waals surface area (Å²) in [6.45, 7) is 0.573. The highest BCUT2D eigenvalue weighted by atomic mass is 35.5. The van der Waals surface area contributed by atoms with Crippen LogP contribution in [0.4, 0.5) is 0 Å². The smallest absolute Gasteiger partial charge is 0.137 e. The molecular weight excluding hydrogens is 346 g/mol. The van der Waals surface area contributed by atoms with Crippen molar-refractivity contribution in [2.75, 3.05) is 0 Å². The first-order valence-electron chi connectivity index (χ1n) is 8.30. The predicted octanol–water partition coefficient (Wildman–Crippen LogP) is 4.45. The second-order valence-electron chi connectivity index (χ2n) is 6.08. The lowest BCUT2D eigenvalue weighted by Gasteiger charge is -2.06. The molecule has 0 radical (unpaired) electrons. The van der Waals surface area contributed by atoms with Crippen molar-refractivity contribution >= 4 is 28.3 Å². The average molecular weight is 360 g/mol. The third-order valence-corrected chi connectivity index (χ3v) is 4.72. The van der Waals surface area contributed by atoms with E-state index >= 15 is 0 Å². The zero-order valence-electron chi connectivity index (χ0n) is 13.7. The number of para-hydroxylation sites is 1. The first-order chi connectivity index (χ1) is 12.8. The van der Waals surface area contributed by atoms with Crippen molar-refractivity contribution in [1.29, 1.82) is 0 Å². The summed E-state index contributed by atoms with van der Waals surface area (Å²) in [7, 11) is 0. The minimum atomic E-state index is 0.573. The van der Waals surface area contributed by atoms with E-state index in [1.54, 1.807) is 0 Å². The fourth-order valence-corrected chi connectivity index (χ4v) is 3.34. The minimum absolute atomic E-state index is 0.573. The molecule has 0 bridgehead atoms. The molecule has 0 fully saturated rings. The molecule has 0 saturated carbocycles. The standard InChI is InChI=1S/C20H14ClN5/c21-15-10-8-14(9-11-15)20-18(25-12-4-3-7-19(25)22-20)13-26-17-6-2-1-5-16(17)23-24-26/h1-12H,13H2. The summed E-state index contributed by atoms with van der Waals surface area (Å²) in [5.41, 5.74) is 5.79. The van der Waals surface area contributed by atoms with Gasteiger partial charge in [-0.1, -0.05) is 47.1 Å². The Labute approximate surface area is 154 Å². The molecule has 26 heavy (non-hydrogen) atoms. The average Bonchev–Trinajstić information content (AvgIpc) is 3.25. The van der Waals surface area contributed by atoms with Gasteiger partial charge in [0.2, 0.25) is 0 Å². The van der Waals surface area contributed by atoms with Crippen LogP contribution >= 0.6 is 11.6 Å². The number of imidazole rings is 1. The highest BCUT2D eigenvalue weighted by Crippen LogP contribution is 2.27. The van der Waals surface area contributed by atoms with Gasteiger partial charge >= 0.3 is 0 Å². The van der Waals surface area contributed by atoms with Gasteiger partial charge in [-0.3, -0.25) is 0 Å². The largest absolute Gasteiger partial charge is 0.302 e. The SMILES string of the molecule is Clc1ccc(-c2nc3ccccn3c2Cn2nnc3ccccc32)cc1. The van der Waals surface area contributed by atoms with Crippen molar-refractivity contribution in [3.8, 4) is 11.3 Å². The summed E-state index contributed by atoms with van der Waals surface area (Å²) in [5.74, 6) is 0. The fraction of sp³-hybridized carbons (Fsp3) is 0.0500. The first kappa shape index (κ1) is 15.1. The lowest BCUT2D eigenvalue weighted by molar-refractivity contribution is 0.655. The third-order valence-electron chi connectivity index (χ3n) is 4.47. The highest BCUT2D eigenvalue weighted by Gasteiger charge is 2.16. The van der Waals surface area contributed by atoms with Crippen LogP contribution in [0.2, 0.25) is 5.02 Å². The molecule has 3 heterocycles. The van der Waals surface area contributed by atoms with Gasteiger partial charge in [0.25, 0.3) is 0 Å². The molecule has 0 saturated heterocycles. The van der Waals surface area contributed by atoms with Gasteiger partial charge < -0.3 is 4.40 Å². The molecule has 0 unspecified atom stereocenters. The molecule has 6 heteroatoms. The number of nitrogens with zero attached hydrogens (tertiary/aromatic N) is 5. The van der Waals surface area contributed by atoms with Gasteiger partial charge in [-0.2, -0.15) is 0 Å². The summed E-state index contributed by atoms with van der Waals surface area (Å²) < 4.78 is 4.01. The van der Waals surface area contributed by atoms with Gasteiger partial charge in [0.1, 0.15) is 11.2 Å². The molecule has 0 aliphatic carbocycles. The van der Waals surface area contributed by atoms with E-state index in [9.17, 15) is 0 Å². The van der Waals surface area contributed by atoms with Crippen LogP contribution in [0.25, 0.3) is 27.9 Å². The molecule has 5 rings (SSSR count). The Kier molecular flexibility index (Phi) is 3.47. The number of fused-ring (bicyclic) bond motifs is 2. The lowest BCUT2D eigenvalue weighted by atomic mass is 10.1. The predicted molar refractivity (Wildman–Crippen MR) is 102 cm³/mol. The monoisotopic (exact) mass is 359 g/mol. The van der Waals surface area contributed by atoms with Crippen LogP contribution in [0.15, 0.2) is 72.9 Å². The van der Waals surface area contributed by atoms with Crippen LogP contribution in [-0.2, 0) is 6.54 Å². The van der Waals surface area contributed by atoms with Gasteiger partial charge in [-0.25, -0.2) is 9.67 Å². The molecule has 126 valence electrons. The maximum atomic E-state index is 6.05. The maximum absolute atomic E-state index is 6.05. The zero-order chi connectivity index (χ0) is 17.5. The Morgan fingerprint density at radius 3 is 2.58 bits per heavy atom. The van der Waals surface area contributed by atoms with E-state index in [4.69, 9.17) is 16.6 Å². The number of hydrogen-bond acceptors (Lipinski definition) is 3. The molecule has 3 aromatic heterocycles. The number of halogens is 1. The summed E-state index contributed by atoms with van der Waals surface area (Å²) in [4.78, 5) is 4.83. The Morgan fingerprint density at radius 2 is 1.69 bits per heavy atom. The van der Waals surface area contributed by atoms with Crippen LogP contribution in [0.5, 0.6) is 0 Å². The maximum Gasteiger partial charge on any atom is 0.137 e. The van der Waals surface area contributed by atoms with Crippen molar-refractivity contribution in [3.05, 3.63) is 83.6 Å². The Balaban J connectivity index is 1.70. The molecule has 0 atom stereocenters. The number of hydrogen-bond donors (Lipinski definition) is 0.